The van der Waals surface area contributed by atoms with E-state index in [1.54, 1.807) is 7.11 Å². The lowest BCUT2D eigenvalue weighted by molar-refractivity contribution is 0.0937. The van der Waals surface area contributed by atoms with E-state index in [-0.39, 0.29) is 5.91 Å². The Kier molecular flexibility index (Phi) is 6.04. The number of carbonyl (C=O) groups excluding carboxylic acids is 1. The van der Waals surface area contributed by atoms with Crippen LogP contribution in [0, 0.1) is 20.8 Å². The number of rotatable bonds is 6. The number of hydrogen-bond donors (Lipinski definition) is 1. The number of methoxy groups -OCH3 is 1. The van der Waals surface area contributed by atoms with E-state index in [4.69, 9.17) is 9.47 Å². The molecule has 0 aromatic heterocycles. The molecule has 2 aromatic rings. The topological polar surface area (TPSA) is 47.6 Å². The van der Waals surface area contributed by atoms with Gasteiger partial charge in [-0.15, -0.1) is 0 Å². The lowest BCUT2D eigenvalue weighted by Crippen LogP contribution is -2.32. The van der Waals surface area contributed by atoms with Crippen molar-refractivity contribution in [2.75, 3.05) is 7.11 Å². The fraction of sp³-hybridized carbons (Fsp3) is 0.435. The Bertz CT molecular complexity index is 823. The van der Waals surface area contributed by atoms with Crippen molar-refractivity contribution in [3.8, 4) is 11.5 Å². The zero-order valence-corrected chi connectivity index (χ0v) is 16.7. The summed E-state index contributed by atoms with van der Waals surface area (Å²) in [6.07, 6.45) is 4.54. The van der Waals surface area contributed by atoms with Gasteiger partial charge in [0.25, 0.3) is 5.91 Å². The van der Waals surface area contributed by atoms with Gasteiger partial charge >= 0.3 is 0 Å². The van der Waals surface area contributed by atoms with Crippen LogP contribution >= 0.6 is 0 Å². The second-order valence-corrected chi connectivity index (χ2v) is 7.48. The second kappa shape index (κ2) is 8.47. The molecule has 1 aliphatic carbocycles. The van der Waals surface area contributed by atoms with Crippen LogP contribution in [0.25, 0.3) is 0 Å². The Morgan fingerprint density at radius 1 is 1.07 bits per heavy atom. The zero-order valence-electron chi connectivity index (χ0n) is 16.7. The highest BCUT2D eigenvalue weighted by Gasteiger charge is 2.19. The average Bonchev–Trinajstić information content (AvgIpc) is 3.16. The maximum absolute atomic E-state index is 12.6. The number of benzene rings is 2. The molecule has 4 heteroatoms. The predicted octanol–water partition coefficient (Wildman–Crippen LogP) is 4.87. The molecule has 0 radical (unpaired) electrons. The van der Waals surface area contributed by atoms with Gasteiger partial charge in [-0.2, -0.15) is 0 Å². The molecule has 3 rings (SSSR count). The molecule has 0 saturated heterocycles. The van der Waals surface area contributed by atoms with Crippen molar-refractivity contribution >= 4 is 5.91 Å². The average molecular weight is 367 g/mol. The molecule has 1 saturated carbocycles. The van der Waals surface area contributed by atoms with Crippen molar-refractivity contribution in [2.24, 2.45) is 0 Å². The van der Waals surface area contributed by atoms with Crippen LogP contribution in [0.2, 0.25) is 0 Å². The van der Waals surface area contributed by atoms with Gasteiger partial charge in [0.05, 0.1) is 7.11 Å². The van der Waals surface area contributed by atoms with Gasteiger partial charge in [-0.1, -0.05) is 18.9 Å². The smallest absolute Gasteiger partial charge is 0.251 e. The lowest BCUT2D eigenvalue weighted by Gasteiger charge is -2.16. The van der Waals surface area contributed by atoms with E-state index in [1.807, 2.05) is 24.3 Å². The highest BCUT2D eigenvalue weighted by molar-refractivity contribution is 5.94. The molecule has 1 N–H and O–H groups in total. The van der Waals surface area contributed by atoms with E-state index in [1.165, 1.54) is 24.0 Å². The van der Waals surface area contributed by atoms with Crippen molar-refractivity contribution in [1.29, 1.82) is 0 Å². The molecule has 1 aliphatic rings. The fourth-order valence-corrected chi connectivity index (χ4v) is 3.68. The van der Waals surface area contributed by atoms with Gasteiger partial charge < -0.3 is 14.8 Å². The molecule has 0 unspecified atom stereocenters. The van der Waals surface area contributed by atoms with E-state index in [2.05, 4.69) is 32.2 Å². The Balaban J connectivity index is 1.76. The van der Waals surface area contributed by atoms with Crippen LogP contribution in [0.15, 0.2) is 30.3 Å². The molecule has 1 amide bonds. The highest BCUT2D eigenvalue weighted by Crippen LogP contribution is 2.27. The molecule has 144 valence electrons. The van der Waals surface area contributed by atoms with Crippen LogP contribution in [-0.2, 0) is 6.61 Å². The number of amides is 1. The van der Waals surface area contributed by atoms with Crippen molar-refractivity contribution in [3.63, 3.8) is 0 Å². The van der Waals surface area contributed by atoms with Crippen molar-refractivity contribution in [3.05, 3.63) is 58.1 Å². The Morgan fingerprint density at radius 3 is 2.52 bits per heavy atom. The molecule has 4 nitrogen and oxygen atoms in total. The lowest BCUT2D eigenvalue weighted by atomic mass is 10.1. The molecule has 0 spiro atoms. The van der Waals surface area contributed by atoms with Crippen molar-refractivity contribution in [2.45, 2.75) is 59.1 Å². The van der Waals surface area contributed by atoms with E-state index in [9.17, 15) is 4.79 Å². The molecule has 27 heavy (non-hydrogen) atoms. The molecule has 1 fully saturated rings. The summed E-state index contributed by atoms with van der Waals surface area (Å²) in [4.78, 5) is 12.6. The second-order valence-electron chi connectivity index (χ2n) is 7.48. The molecular formula is C23H29NO3. The van der Waals surface area contributed by atoms with E-state index >= 15 is 0 Å². The maximum atomic E-state index is 12.6. The quantitative estimate of drug-likeness (QED) is 0.792. The number of carbonyl (C=O) groups is 1. The predicted molar refractivity (Wildman–Crippen MR) is 108 cm³/mol. The molecule has 0 heterocycles. The van der Waals surface area contributed by atoms with Crippen LogP contribution in [0.4, 0.5) is 0 Å². The minimum absolute atomic E-state index is 0.0200. The summed E-state index contributed by atoms with van der Waals surface area (Å²) in [6.45, 7) is 6.57. The first-order valence-electron chi connectivity index (χ1n) is 9.66. The minimum atomic E-state index is -0.0200. The van der Waals surface area contributed by atoms with Gasteiger partial charge in [-0.25, -0.2) is 0 Å². The highest BCUT2D eigenvalue weighted by atomic mass is 16.5. The van der Waals surface area contributed by atoms with E-state index in [0.29, 0.717) is 18.2 Å². The van der Waals surface area contributed by atoms with E-state index in [0.717, 1.165) is 35.5 Å². The van der Waals surface area contributed by atoms with Crippen LogP contribution in [0.1, 0.15) is 58.3 Å². The Labute approximate surface area is 161 Å². The number of aryl methyl sites for hydroxylation is 2. The van der Waals surface area contributed by atoms with Crippen LogP contribution in [0.5, 0.6) is 11.5 Å². The van der Waals surface area contributed by atoms with Crippen LogP contribution in [0.3, 0.4) is 0 Å². The summed E-state index contributed by atoms with van der Waals surface area (Å²) in [7, 11) is 1.64. The Hall–Kier alpha value is -2.49. The Morgan fingerprint density at radius 2 is 1.81 bits per heavy atom. The summed E-state index contributed by atoms with van der Waals surface area (Å²) >= 11 is 0. The molecule has 0 atom stereocenters. The minimum Gasteiger partial charge on any atom is -0.496 e. The zero-order chi connectivity index (χ0) is 19.4. The number of nitrogens with one attached hydrogen (secondary N) is 1. The summed E-state index contributed by atoms with van der Waals surface area (Å²) in [5, 5.41) is 3.14. The van der Waals surface area contributed by atoms with E-state index < -0.39 is 0 Å². The van der Waals surface area contributed by atoms with Gasteiger partial charge in [0, 0.05) is 17.2 Å². The van der Waals surface area contributed by atoms with Crippen molar-refractivity contribution < 1.29 is 14.3 Å². The first-order chi connectivity index (χ1) is 13.0. The third-order valence-corrected chi connectivity index (χ3v) is 5.38. The normalized spacial score (nSPS) is 14.2. The van der Waals surface area contributed by atoms with Crippen molar-refractivity contribution in [1.82, 2.24) is 5.32 Å². The standard InChI is InChI=1S/C23H29NO3/c1-15-11-16(2)17(3)22(12-15)27-14-19-13-18(9-10-21(19)26-4)23(25)24-20-7-5-6-8-20/h9-13,20H,5-8,14H2,1-4H3,(H,24,25). The number of hydrogen-bond acceptors (Lipinski definition) is 3. The first-order valence-corrected chi connectivity index (χ1v) is 9.66. The first kappa shape index (κ1) is 19.3. The third-order valence-electron chi connectivity index (χ3n) is 5.38. The third kappa shape index (κ3) is 4.62. The van der Waals surface area contributed by atoms with Gasteiger partial charge in [0.1, 0.15) is 18.1 Å². The SMILES string of the molecule is COc1ccc(C(=O)NC2CCCC2)cc1COc1cc(C)cc(C)c1C. The van der Waals surface area contributed by atoms with Crippen LogP contribution in [-0.4, -0.2) is 19.1 Å². The molecule has 0 bridgehead atoms. The van der Waals surface area contributed by atoms with Gasteiger partial charge in [0.2, 0.25) is 0 Å². The van der Waals surface area contributed by atoms with Gasteiger partial charge in [0.15, 0.2) is 0 Å². The largest absolute Gasteiger partial charge is 0.496 e. The summed E-state index contributed by atoms with van der Waals surface area (Å²) < 4.78 is 11.6. The molecule has 2 aromatic carbocycles. The molecular weight excluding hydrogens is 338 g/mol. The number of ether oxygens (including phenoxy) is 2. The molecule has 0 aliphatic heterocycles. The summed E-state index contributed by atoms with van der Waals surface area (Å²) in [6, 6.07) is 10.0. The maximum Gasteiger partial charge on any atom is 0.251 e. The summed E-state index contributed by atoms with van der Waals surface area (Å²) in [5.41, 5.74) is 5.04. The fourth-order valence-electron chi connectivity index (χ4n) is 3.68. The van der Waals surface area contributed by atoms with Crippen LogP contribution < -0.4 is 14.8 Å². The van der Waals surface area contributed by atoms with Gasteiger partial charge in [-0.3, -0.25) is 4.79 Å². The summed E-state index contributed by atoms with van der Waals surface area (Å²) in [5.74, 6) is 1.58. The van der Waals surface area contributed by atoms with Gasteiger partial charge in [-0.05, 0) is 74.6 Å². The monoisotopic (exact) mass is 367 g/mol.